The Bertz CT molecular complexity index is 480. The van der Waals surface area contributed by atoms with Gasteiger partial charge in [-0.25, -0.2) is 0 Å². The van der Waals surface area contributed by atoms with Gasteiger partial charge >= 0.3 is 0 Å². The van der Waals surface area contributed by atoms with Crippen LogP contribution in [0.15, 0.2) is 24.5 Å². The zero-order valence-electron chi connectivity index (χ0n) is 13.5. The second kappa shape index (κ2) is 7.70. The fourth-order valence-electron chi connectivity index (χ4n) is 3.00. The number of methoxy groups -OCH3 is 1. The van der Waals surface area contributed by atoms with Crippen LogP contribution >= 0.6 is 0 Å². The molecule has 1 aromatic heterocycles. The number of aromatic nitrogens is 1. The molecule has 22 heavy (non-hydrogen) atoms. The maximum Gasteiger partial charge on any atom is 0.222 e. The Kier molecular flexibility index (Phi) is 5.91. The van der Waals surface area contributed by atoms with E-state index in [2.05, 4.69) is 4.98 Å². The number of rotatable bonds is 6. The molecule has 0 bridgehead atoms. The molecular weight excluding hydrogens is 280 g/mol. The van der Waals surface area contributed by atoms with Gasteiger partial charge in [0.15, 0.2) is 0 Å². The Labute approximate surface area is 132 Å². The lowest BCUT2D eigenvalue weighted by atomic mass is 9.80. The van der Waals surface area contributed by atoms with Crippen molar-refractivity contribution in [2.24, 2.45) is 5.92 Å². The number of ether oxygens (including phenoxy) is 1. The number of amides is 1. The van der Waals surface area contributed by atoms with Gasteiger partial charge in [-0.3, -0.25) is 9.78 Å². The van der Waals surface area contributed by atoms with E-state index in [-0.39, 0.29) is 11.8 Å². The summed E-state index contributed by atoms with van der Waals surface area (Å²) >= 11 is 0. The Hall–Kier alpha value is -1.46. The van der Waals surface area contributed by atoms with Gasteiger partial charge in [0.05, 0.1) is 5.60 Å². The van der Waals surface area contributed by atoms with E-state index in [0.29, 0.717) is 39.0 Å². The molecule has 2 rings (SSSR count). The first-order valence-electron chi connectivity index (χ1n) is 7.93. The molecule has 1 aromatic rings. The molecule has 1 amide bonds. The number of carbonyl (C=O) groups is 1. The lowest BCUT2D eigenvalue weighted by molar-refractivity contribution is -0.140. The lowest BCUT2D eigenvalue weighted by Gasteiger charge is -2.43. The van der Waals surface area contributed by atoms with Crippen LogP contribution in [0.4, 0.5) is 0 Å². The van der Waals surface area contributed by atoms with Crippen LogP contribution in [0.1, 0.15) is 31.7 Å². The zero-order valence-corrected chi connectivity index (χ0v) is 13.5. The van der Waals surface area contributed by atoms with E-state index in [1.165, 1.54) is 0 Å². The highest BCUT2D eigenvalue weighted by Gasteiger charge is 2.39. The Balaban J connectivity index is 1.83. The zero-order chi connectivity index (χ0) is 16.0. The highest BCUT2D eigenvalue weighted by Crippen LogP contribution is 2.31. The molecule has 5 nitrogen and oxygen atoms in total. The highest BCUT2D eigenvalue weighted by molar-refractivity contribution is 5.76. The van der Waals surface area contributed by atoms with Crippen LogP contribution in [0.2, 0.25) is 0 Å². The molecule has 0 saturated carbocycles. The summed E-state index contributed by atoms with van der Waals surface area (Å²) in [6.07, 6.45) is 5.99. The quantitative estimate of drug-likeness (QED) is 0.868. The van der Waals surface area contributed by atoms with Gasteiger partial charge in [-0.15, -0.1) is 0 Å². The number of pyridine rings is 1. The summed E-state index contributed by atoms with van der Waals surface area (Å²) in [5.74, 6) is 0.235. The number of hydrogen-bond acceptors (Lipinski definition) is 4. The van der Waals surface area contributed by atoms with E-state index in [1.54, 1.807) is 19.5 Å². The van der Waals surface area contributed by atoms with Crippen molar-refractivity contribution in [2.75, 3.05) is 26.8 Å². The molecule has 0 radical (unpaired) electrons. The summed E-state index contributed by atoms with van der Waals surface area (Å²) < 4.78 is 5.07. The fraction of sp³-hybridized carbons (Fsp3) is 0.647. The van der Waals surface area contributed by atoms with Crippen molar-refractivity contribution in [1.29, 1.82) is 0 Å². The predicted octanol–water partition coefficient (Wildman–Crippen LogP) is 1.65. The Morgan fingerprint density at radius 3 is 2.86 bits per heavy atom. The van der Waals surface area contributed by atoms with E-state index >= 15 is 0 Å². The minimum atomic E-state index is -0.710. The van der Waals surface area contributed by atoms with Gasteiger partial charge in [0.25, 0.3) is 0 Å². The molecule has 0 spiro atoms. The number of nitrogens with zero attached hydrogens (tertiary/aromatic N) is 2. The van der Waals surface area contributed by atoms with Crippen molar-refractivity contribution < 1.29 is 14.6 Å². The summed E-state index contributed by atoms with van der Waals surface area (Å²) in [6, 6.07) is 3.88. The first-order chi connectivity index (χ1) is 10.5. The van der Waals surface area contributed by atoms with E-state index < -0.39 is 5.60 Å². The van der Waals surface area contributed by atoms with Crippen LogP contribution in [0, 0.1) is 5.92 Å². The summed E-state index contributed by atoms with van der Waals surface area (Å²) in [4.78, 5) is 18.2. The average molecular weight is 306 g/mol. The largest absolute Gasteiger partial charge is 0.389 e. The summed E-state index contributed by atoms with van der Waals surface area (Å²) in [5.41, 5.74) is 0.419. The molecule has 2 unspecified atom stereocenters. The number of piperidine rings is 1. The van der Waals surface area contributed by atoms with E-state index in [4.69, 9.17) is 4.74 Å². The van der Waals surface area contributed by atoms with Crippen molar-refractivity contribution in [3.8, 4) is 0 Å². The molecular formula is C17H26N2O3. The first kappa shape index (κ1) is 16.9. The first-order valence-corrected chi connectivity index (χ1v) is 7.93. The third-order valence-corrected chi connectivity index (χ3v) is 4.69. The molecule has 0 aliphatic carbocycles. The standard InChI is InChI=1S/C17H26N2O3/c1-14-13-19(11-7-17(14,21)8-12-22-2)16(20)4-3-15-5-9-18-10-6-15/h5-6,9-10,14,21H,3-4,7-8,11-13H2,1-2H3. The van der Waals surface area contributed by atoms with Crippen molar-refractivity contribution in [1.82, 2.24) is 9.88 Å². The van der Waals surface area contributed by atoms with Gasteiger partial charge in [-0.2, -0.15) is 0 Å². The third kappa shape index (κ3) is 4.27. The number of aliphatic hydroxyl groups is 1. The number of carbonyl (C=O) groups excluding carboxylic acids is 1. The average Bonchev–Trinajstić information content (AvgIpc) is 2.54. The molecule has 2 atom stereocenters. The minimum absolute atomic E-state index is 0.0706. The smallest absolute Gasteiger partial charge is 0.222 e. The summed E-state index contributed by atoms with van der Waals surface area (Å²) in [5, 5.41) is 10.7. The van der Waals surface area contributed by atoms with Crippen molar-refractivity contribution in [3.63, 3.8) is 0 Å². The molecule has 122 valence electrons. The summed E-state index contributed by atoms with van der Waals surface area (Å²) in [7, 11) is 1.64. The fourth-order valence-corrected chi connectivity index (χ4v) is 3.00. The monoisotopic (exact) mass is 306 g/mol. The minimum Gasteiger partial charge on any atom is -0.389 e. The van der Waals surface area contributed by atoms with Crippen molar-refractivity contribution >= 4 is 5.91 Å². The van der Waals surface area contributed by atoms with Crippen molar-refractivity contribution in [3.05, 3.63) is 30.1 Å². The van der Waals surface area contributed by atoms with E-state index in [0.717, 1.165) is 12.0 Å². The second-order valence-electron chi connectivity index (χ2n) is 6.19. The van der Waals surface area contributed by atoms with Gasteiger partial charge in [-0.1, -0.05) is 6.92 Å². The molecule has 1 aliphatic rings. The lowest BCUT2D eigenvalue weighted by Crippen LogP contribution is -2.52. The maximum absolute atomic E-state index is 12.3. The molecule has 1 saturated heterocycles. The van der Waals surface area contributed by atoms with Gasteiger partial charge in [0, 0.05) is 51.5 Å². The molecule has 5 heteroatoms. The van der Waals surface area contributed by atoms with E-state index in [1.807, 2.05) is 24.0 Å². The Morgan fingerprint density at radius 1 is 1.50 bits per heavy atom. The molecule has 0 aromatic carbocycles. The van der Waals surface area contributed by atoms with Crippen LogP contribution < -0.4 is 0 Å². The van der Waals surface area contributed by atoms with E-state index in [9.17, 15) is 9.90 Å². The topological polar surface area (TPSA) is 62.7 Å². The predicted molar refractivity (Wildman–Crippen MR) is 84.4 cm³/mol. The van der Waals surface area contributed by atoms with Crippen LogP contribution in [0.3, 0.4) is 0 Å². The third-order valence-electron chi connectivity index (χ3n) is 4.69. The molecule has 2 heterocycles. The van der Waals surface area contributed by atoms with Crippen LogP contribution in [0.5, 0.6) is 0 Å². The Morgan fingerprint density at radius 2 is 2.23 bits per heavy atom. The van der Waals surface area contributed by atoms with Crippen molar-refractivity contribution in [2.45, 2.75) is 38.2 Å². The van der Waals surface area contributed by atoms with Crippen LogP contribution in [-0.4, -0.2) is 53.3 Å². The molecule has 1 aliphatic heterocycles. The molecule has 1 fully saturated rings. The number of aryl methyl sites for hydroxylation is 1. The normalized spacial score (nSPS) is 25.2. The van der Waals surface area contributed by atoms with Gasteiger partial charge in [0.1, 0.15) is 0 Å². The second-order valence-corrected chi connectivity index (χ2v) is 6.19. The van der Waals surface area contributed by atoms with Gasteiger partial charge < -0.3 is 14.7 Å². The maximum atomic E-state index is 12.3. The SMILES string of the molecule is COCCC1(O)CCN(C(=O)CCc2ccncc2)CC1C. The van der Waals surface area contributed by atoms with Crippen LogP contribution in [0.25, 0.3) is 0 Å². The van der Waals surface area contributed by atoms with Gasteiger partial charge in [-0.05, 0) is 37.0 Å². The number of likely N-dealkylation sites (tertiary alicyclic amines) is 1. The van der Waals surface area contributed by atoms with Gasteiger partial charge in [0.2, 0.25) is 5.91 Å². The summed E-state index contributed by atoms with van der Waals surface area (Å²) in [6.45, 7) is 3.81. The molecule has 1 N–H and O–H groups in total. The van der Waals surface area contributed by atoms with Crippen LogP contribution in [-0.2, 0) is 16.0 Å². The number of hydrogen-bond donors (Lipinski definition) is 1. The highest BCUT2D eigenvalue weighted by atomic mass is 16.5.